The van der Waals surface area contributed by atoms with Gasteiger partial charge in [0.2, 0.25) is 0 Å². The van der Waals surface area contributed by atoms with Crippen molar-refractivity contribution in [3.8, 4) is 0 Å². The van der Waals surface area contributed by atoms with Gasteiger partial charge in [-0.1, -0.05) is 0 Å². The van der Waals surface area contributed by atoms with Gasteiger partial charge in [-0.25, -0.2) is 0 Å². The van der Waals surface area contributed by atoms with Crippen molar-refractivity contribution < 1.29 is 18.0 Å². The molecule has 0 saturated heterocycles. The molecule has 0 fully saturated rings. The average molecular weight is 247 g/mol. The van der Waals surface area contributed by atoms with Crippen molar-refractivity contribution in [2.24, 2.45) is 5.73 Å². The van der Waals surface area contributed by atoms with Crippen LogP contribution in [0.2, 0.25) is 0 Å². The number of aromatic nitrogens is 1. The Bertz CT molecular complexity index is 393. The fraction of sp³-hybridized carbons (Fsp3) is 0.400. The Morgan fingerprint density at radius 2 is 2.18 bits per heavy atom. The number of primary amides is 1. The van der Waals surface area contributed by atoms with Crippen molar-refractivity contribution in [2.45, 2.75) is 19.0 Å². The van der Waals surface area contributed by atoms with Crippen LogP contribution in [0.15, 0.2) is 18.3 Å². The second-order valence-corrected chi connectivity index (χ2v) is 3.44. The molecule has 0 unspecified atom stereocenters. The van der Waals surface area contributed by atoms with Crippen molar-refractivity contribution in [1.82, 2.24) is 4.98 Å². The number of hydrogen-bond acceptors (Lipinski definition) is 3. The minimum absolute atomic E-state index is 0.0300. The predicted molar refractivity (Wildman–Crippen MR) is 56.5 cm³/mol. The predicted octanol–water partition coefficient (Wildman–Crippen LogP) is 1.93. The first kappa shape index (κ1) is 13.3. The number of amides is 1. The summed E-state index contributed by atoms with van der Waals surface area (Å²) in [5, 5.41) is 2.76. The molecule has 1 aromatic heterocycles. The average Bonchev–Trinajstić information content (AvgIpc) is 2.23. The molecule has 94 valence electrons. The summed E-state index contributed by atoms with van der Waals surface area (Å²) in [6, 6.07) is 2.95. The Morgan fingerprint density at radius 3 is 2.76 bits per heavy atom. The smallest absolute Gasteiger partial charge is 0.385 e. The minimum atomic E-state index is -4.14. The monoisotopic (exact) mass is 247 g/mol. The van der Waals surface area contributed by atoms with E-state index in [0.717, 1.165) is 0 Å². The van der Waals surface area contributed by atoms with Gasteiger partial charge in [0.1, 0.15) is 5.69 Å². The standard InChI is InChI=1S/C10H12F3N3O/c11-10(12,13)3-1-4-15-7-2-5-16-8(6-7)9(14)17/h2,5-6H,1,3-4H2,(H2,14,17)(H,15,16). The van der Waals surface area contributed by atoms with E-state index in [9.17, 15) is 18.0 Å². The molecule has 0 saturated carbocycles. The summed E-state index contributed by atoms with van der Waals surface area (Å²) in [4.78, 5) is 14.5. The Labute approximate surface area is 96.0 Å². The summed E-state index contributed by atoms with van der Waals surface area (Å²) in [7, 11) is 0. The molecule has 0 spiro atoms. The Hall–Kier alpha value is -1.79. The molecule has 0 radical (unpaired) electrons. The molecule has 7 heteroatoms. The third-order valence-electron chi connectivity index (χ3n) is 1.98. The second-order valence-electron chi connectivity index (χ2n) is 3.44. The Kier molecular flexibility index (Phi) is 4.30. The van der Waals surface area contributed by atoms with Crippen LogP contribution in [0.25, 0.3) is 0 Å². The zero-order valence-electron chi connectivity index (χ0n) is 8.92. The van der Waals surface area contributed by atoms with Crippen LogP contribution in [0.3, 0.4) is 0 Å². The topological polar surface area (TPSA) is 68.0 Å². The van der Waals surface area contributed by atoms with Crippen LogP contribution in [0.1, 0.15) is 23.3 Å². The quantitative estimate of drug-likeness (QED) is 0.781. The molecule has 0 aliphatic heterocycles. The highest BCUT2D eigenvalue weighted by Gasteiger charge is 2.25. The van der Waals surface area contributed by atoms with Crippen LogP contribution in [0.5, 0.6) is 0 Å². The second kappa shape index (κ2) is 5.51. The molecule has 0 aliphatic carbocycles. The zero-order chi connectivity index (χ0) is 12.9. The lowest BCUT2D eigenvalue weighted by molar-refractivity contribution is -0.134. The molecule has 0 aliphatic rings. The molecule has 1 rings (SSSR count). The lowest BCUT2D eigenvalue weighted by Crippen LogP contribution is -2.14. The number of alkyl halides is 3. The summed E-state index contributed by atoms with van der Waals surface area (Å²) < 4.78 is 35.6. The Morgan fingerprint density at radius 1 is 1.47 bits per heavy atom. The lowest BCUT2D eigenvalue weighted by atomic mass is 10.2. The third-order valence-corrected chi connectivity index (χ3v) is 1.98. The SMILES string of the molecule is NC(=O)c1cc(NCCCC(F)(F)F)ccn1. The van der Waals surface area contributed by atoms with E-state index < -0.39 is 18.5 Å². The minimum Gasteiger partial charge on any atom is -0.385 e. The van der Waals surface area contributed by atoms with Gasteiger partial charge in [-0.2, -0.15) is 13.2 Å². The number of carbonyl (C=O) groups is 1. The van der Waals surface area contributed by atoms with Crippen LogP contribution in [0, 0.1) is 0 Å². The number of pyridine rings is 1. The number of halogens is 3. The maximum absolute atomic E-state index is 11.9. The van der Waals surface area contributed by atoms with E-state index >= 15 is 0 Å². The first-order valence-corrected chi connectivity index (χ1v) is 4.95. The first-order chi connectivity index (χ1) is 7.88. The maximum atomic E-state index is 11.9. The maximum Gasteiger partial charge on any atom is 0.389 e. The van der Waals surface area contributed by atoms with E-state index in [1.165, 1.54) is 12.3 Å². The van der Waals surface area contributed by atoms with Crippen molar-refractivity contribution >= 4 is 11.6 Å². The van der Waals surface area contributed by atoms with Gasteiger partial charge in [-0.15, -0.1) is 0 Å². The summed E-state index contributed by atoms with van der Waals surface area (Å²) in [5.74, 6) is -0.677. The molecule has 1 aromatic rings. The molecule has 0 bridgehead atoms. The number of nitrogens with zero attached hydrogens (tertiary/aromatic N) is 1. The van der Waals surface area contributed by atoms with Crippen molar-refractivity contribution in [3.63, 3.8) is 0 Å². The highest BCUT2D eigenvalue weighted by molar-refractivity contribution is 5.91. The summed E-state index contributed by atoms with van der Waals surface area (Å²) in [5.41, 5.74) is 5.62. The molecular weight excluding hydrogens is 235 g/mol. The van der Waals surface area contributed by atoms with Crippen LogP contribution in [-0.2, 0) is 0 Å². The zero-order valence-corrected chi connectivity index (χ0v) is 8.92. The van der Waals surface area contributed by atoms with Gasteiger partial charge in [0.15, 0.2) is 0 Å². The molecule has 0 atom stereocenters. The highest BCUT2D eigenvalue weighted by atomic mass is 19.4. The van der Waals surface area contributed by atoms with Crippen molar-refractivity contribution in [2.75, 3.05) is 11.9 Å². The van der Waals surface area contributed by atoms with E-state index in [-0.39, 0.29) is 18.7 Å². The molecule has 1 amide bonds. The van der Waals surface area contributed by atoms with Gasteiger partial charge < -0.3 is 11.1 Å². The normalized spacial score (nSPS) is 11.2. The van der Waals surface area contributed by atoms with Gasteiger partial charge in [0, 0.05) is 24.8 Å². The fourth-order valence-electron chi connectivity index (χ4n) is 1.20. The third kappa shape index (κ3) is 5.19. The number of hydrogen-bond donors (Lipinski definition) is 2. The number of anilines is 1. The van der Waals surface area contributed by atoms with E-state index in [4.69, 9.17) is 5.73 Å². The lowest BCUT2D eigenvalue weighted by Gasteiger charge is -2.08. The van der Waals surface area contributed by atoms with Crippen molar-refractivity contribution in [3.05, 3.63) is 24.0 Å². The van der Waals surface area contributed by atoms with Crippen LogP contribution >= 0.6 is 0 Å². The number of nitrogens with two attached hydrogens (primary N) is 1. The molecule has 17 heavy (non-hydrogen) atoms. The van der Waals surface area contributed by atoms with Crippen molar-refractivity contribution in [1.29, 1.82) is 0 Å². The summed E-state index contributed by atoms with van der Waals surface area (Å²) in [6.45, 7) is 0.168. The van der Waals surface area contributed by atoms with E-state index in [1.54, 1.807) is 6.07 Å². The molecule has 4 nitrogen and oxygen atoms in total. The molecule has 3 N–H and O–H groups in total. The summed E-state index contributed by atoms with van der Waals surface area (Å²) in [6.07, 6.45) is -3.64. The van der Waals surface area contributed by atoms with Gasteiger partial charge in [-0.05, 0) is 18.6 Å². The van der Waals surface area contributed by atoms with E-state index in [0.29, 0.717) is 5.69 Å². The number of rotatable bonds is 5. The fourth-order valence-corrected chi connectivity index (χ4v) is 1.20. The molecule has 0 aromatic carbocycles. The summed E-state index contributed by atoms with van der Waals surface area (Å²) >= 11 is 0. The van der Waals surface area contributed by atoms with Crippen LogP contribution in [-0.4, -0.2) is 23.6 Å². The van der Waals surface area contributed by atoms with Gasteiger partial charge in [0.05, 0.1) is 0 Å². The highest BCUT2D eigenvalue weighted by Crippen LogP contribution is 2.21. The molecule has 1 heterocycles. The number of nitrogens with one attached hydrogen (secondary N) is 1. The van der Waals surface area contributed by atoms with Gasteiger partial charge >= 0.3 is 6.18 Å². The number of carbonyl (C=O) groups excluding carboxylic acids is 1. The van der Waals surface area contributed by atoms with E-state index in [2.05, 4.69) is 10.3 Å². The first-order valence-electron chi connectivity index (χ1n) is 4.95. The van der Waals surface area contributed by atoms with Gasteiger partial charge in [0.25, 0.3) is 5.91 Å². The van der Waals surface area contributed by atoms with Gasteiger partial charge in [-0.3, -0.25) is 9.78 Å². The van der Waals surface area contributed by atoms with E-state index in [1.807, 2.05) is 0 Å². The van der Waals surface area contributed by atoms with Crippen LogP contribution in [0.4, 0.5) is 18.9 Å². The largest absolute Gasteiger partial charge is 0.389 e. The molecular formula is C10H12F3N3O. The Balaban J connectivity index is 2.42. The van der Waals surface area contributed by atoms with Crippen LogP contribution < -0.4 is 11.1 Å².